The Bertz CT molecular complexity index is 690. The molecule has 2 aromatic heterocycles. The molecule has 0 spiro atoms. The zero-order valence-corrected chi connectivity index (χ0v) is 11.9. The molecule has 0 bridgehead atoms. The van der Waals surface area contributed by atoms with Crippen LogP contribution in [0.5, 0.6) is 0 Å². The lowest BCUT2D eigenvalue weighted by molar-refractivity contribution is 0.727. The zero-order valence-electron chi connectivity index (χ0n) is 11.9. The molecule has 1 unspecified atom stereocenters. The second kappa shape index (κ2) is 5.10. The number of nitrogens with zero attached hydrogens (tertiary/aromatic N) is 2. The molecule has 3 heteroatoms. The number of nitrogens with two attached hydrogens (primary N) is 1. The number of aromatic nitrogens is 2. The standard InChI is InChI=1S/C17H19N3/c1-12-14-7-3-4-8-16(14)20(2)17(12)15(10-18)13-6-5-9-19-11-13/h3-9,11,15H,10,18H2,1-2H3. The van der Waals surface area contributed by atoms with E-state index in [9.17, 15) is 0 Å². The van der Waals surface area contributed by atoms with Gasteiger partial charge in [0.15, 0.2) is 0 Å². The highest BCUT2D eigenvalue weighted by Gasteiger charge is 2.21. The predicted octanol–water partition coefficient (Wildman–Crippen LogP) is 2.97. The zero-order chi connectivity index (χ0) is 14.1. The average Bonchev–Trinajstić information content (AvgIpc) is 2.75. The van der Waals surface area contributed by atoms with E-state index in [0.717, 1.165) is 0 Å². The van der Waals surface area contributed by atoms with Gasteiger partial charge in [-0.15, -0.1) is 0 Å². The highest BCUT2D eigenvalue weighted by Crippen LogP contribution is 2.32. The summed E-state index contributed by atoms with van der Waals surface area (Å²) < 4.78 is 2.26. The summed E-state index contributed by atoms with van der Waals surface area (Å²) in [7, 11) is 2.11. The third-order valence-electron chi connectivity index (χ3n) is 4.07. The lowest BCUT2D eigenvalue weighted by Crippen LogP contribution is -2.17. The molecular formula is C17H19N3. The van der Waals surface area contributed by atoms with Crippen molar-refractivity contribution < 1.29 is 0 Å². The molecule has 2 N–H and O–H groups in total. The van der Waals surface area contributed by atoms with E-state index in [1.54, 1.807) is 6.20 Å². The van der Waals surface area contributed by atoms with Gasteiger partial charge in [-0.3, -0.25) is 4.98 Å². The fourth-order valence-electron chi connectivity index (χ4n) is 3.09. The maximum atomic E-state index is 6.06. The first-order valence-corrected chi connectivity index (χ1v) is 6.88. The van der Waals surface area contributed by atoms with Gasteiger partial charge in [0.05, 0.1) is 0 Å². The molecule has 0 saturated carbocycles. The molecule has 0 aliphatic carbocycles. The van der Waals surface area contributed by atoms with Crippen molar-refractivity contribution in [3.8, 4) is 0 Å². The highest BCUT2D eigenvalue weighted by molar-refractivity contribution is 5.85. The molecule has 102 valence electrons. The van der Waals surface area contributed by atoms with Crippen LogP contribution < -0.4 is 5.73 Å². The van der Waals surface area contributed by atoms with E-state index in [2.05, 4.69) is 53.9 Å². The lowest BCUT2D eigenvalue weighted by atomic mass is 9.94. The highest BCUT2D eigenvalue weighted by atomic mass is 15.0. The van der Waals surface area contributed by atoms with E-state index in [1.165, 1.54) is 27.7 Å². The van der Waals surface area contributed by atoms with Crippen LogP contribution in [0.3, 0.4) is 0 Å². The molecule has 0 aliphatic rings. The van der Waals surface area contributed by atoms with Crippen LogP contribution in [0.1, 0.15) is 22.7 Å². The smallest absolute Gasteiger partial charge is 0.0482 e. The molecule has 3 rings (SSSR count). The molecule has 0 fully saturated rings. The molecule has 3 aromatic rings. The van der Waals surface area contributed by atoms with Crippen molar-refractivity contribution in [2.45, 2.75) is 12.8 Å². The number of hydrogen-bond donors (Lipinski definition) is 1. The molecular weight excluding hydrogens is 246 g/mol. The maximum Gasteiger partial charge on any atom is 0.0482 e. The lowest BCUT2D eigenvalue weighted by Gasteiger charge is -2.18. The van der Waals surface area contributed by atoms with Gasteiger partial charge in [0.2, 0.25) is 0 Å². The van der Waals surface area contributed by atoms with Crippen molar-refractivity contribution in [3.63, 3.8) is 0 Å². The topological polar surface area (TPSA) is 43.8 Å². The molecule has 0 radical (unpaired) electrons. The summed E-state index contributed by atoms with van der Waals surface area (Å²) in [5, 5.41) is 1.30. The summed E-state index contributed by atoms with van der Waals surface area (Å²) in [6.45, 7) is 2.76. The van der Waals surface area contributed by atoms with E-state index < -0.39 is 0 Å². The van der Waals surface area contributed by atoms with Gasteiger partial charge >= 0.3 is 0 Å². The van der Waals surface area contributed by atoms with Crippen molar-refractivity contribution in [1.29, 1.82) is 0 Å². The Morgan fingerprint density at radius 2 is 2.00 bits per heavy atom. The van der Waals surface area contributed by atoms with E-state index >= 15 is 0 Å². The fraction of sp³-hybridized carbons (Fsp3) is 0.235. The van der Waals surface area contributed by atoms with Gasteiger partial charge in [0.25, 0.3) is 0 Å². The second-order valence-electron chi connectivity index (χ2n) is 5.16. The monoisotopic (exact) mass is 265 g/mol. The van der Waals surface area contributed by atoms with Crippen LogP contribution in [0.25, 0.3) is 10.9 Å². The summed E-state index contributed by atoms with van der Waals surface area (Å²) in [6.07, 6.45) is 3.71. The van der Waals surface area contributed by atoms with E-state index in [1.807, 2.05) is 12.3 Å². The van der Waals surface area contributed by atoms with Crippen molar-refractivity contribution in [2.24, 2.45) is 12.8 Å². The Labute approximate surface area is 119 Å². The first kappa shape index (κ1) is 12.9. The van der Waals surface area contributed by atoms with Crippen LogP contribution in [-0.2, 0) is 7.05 Å². The molecule has 1 atom stereocenters. The van der Waals surface area contributed by atoms with Crippen LogP contribution in [0.2, 0.25) is 0 Å². The Morgan fingerprint density at radius 1 is 1.20 bits per heavy atom. The maximum absolute atomic E-state index is 6.06. The molecule has 20 heavy (non-hydrogen) atoms. The first-order valence-electron chi connectivity index (χ1n) is 6.88. The summed E-state index contributed by atoms with van der Waals surface area (Å²) in [5.41, 5.74) is 11.1. The summed E-state index contributed by atoms with van der Waals surface area (Å²) >= 11 is 0. The van der Waals surface area contributed by atoms with Crippen LogP contribution >= 0.6 is 0 Å². The van der Waals surface area contributed by atoms with Crippen LogP contribution in [0, 0.1) is 6.92 Å². The third-order valence-corrected chi connectivity index (χ3v) is 4.07. The third kappa shape index (κ3) is 1.91. The minimum atomic E-state index is 0.182. The van der Waals surface area contributed by atoms with Gasteiger partial charge in [-0.1, -0.05) is 24.3 Å². The van der Waals surface area contributed by atoms with Gasteiger partial charge in [-0.25, -0.2) is 0 Å². The van der Waals surface area contributed by atoms with Crippen LogP contribution in [0.4, 0.5) is 0 Å². The molecule has 3 nitrogen and oxygen atoms in total. The summed E-state index contributed by atoms with van der Waals surface area (Å²) in [6, 6.07) is 12.6. The Hall–Kier alpha value is -2.13. The average molecular weight is 265 g/mol. The normalized spacial score (nSPS) is 12.8. The number of aryl methyl sites for hydroxylation is 2. The quantitative estimate of drug-likeness (QED) is 0.791. The van der Waals surface area contributed by atoms with Crippen molar-refractivity contribution in [2.75, 3.05) is 6.54 Å². The number of benzene rings is 1. The van der Waals surface area contributed by atoms with Crippen molar-refractivity contribution in [3.05, 3.63) is 65.6 Å². The van der Waals surface area contributed by atoms with E-state index in [-0.39, 0.29) is 5.92 Å². The second-order valence-corrected chi connectivity index (χ2v) is 5.16. The molecule has 1 aromatic carbocycles. The Balaban J connectivity index is 2.23. The number of rotatable bonds is 3. The minimum absolute atomic E-state index is 0.182. The molecule has 0 saturated heterocycles. The van der Waals surface area contributed by atoms with Crippen LogP contribution in [-0.4, -0.2) is 16.1 Å². The number of fused-ring (bicyclic) bond motifs is 1. The van der Waals surface area contributed by atoms with Crippen molar-refractivity contribution >= 4 is 10.9 Å². The van der Waals surface area contributed by atoms with Gasteiger partial charge in [-0.2, -0.15) is 0 Å². The molecule has 0 amide bonds. The van der Waals surface area contributed by atoms with Gasteiger partial charge in [-0.05, 0) is 30.2 Å². The van der Waals surface area contributed by atoms with E-state index in [0.29, 0.717) is 6.54 Å². The largest absolute Gasteiger partial charge is 0.347 e. The predicted molar refractivity (Wildman–Crippen MR) is 82.8 cm³/mol. The Kier molecular flexibility index (Phi) is 3.28. The molecule has 2 heterocycles. The van der Waals surface area contributed by atoms with Gasteiger partial charge in [0.1, 0.15) is 0 Å². The fourth-order valence-corrected chi connectivity index (χ4v) is 3.09. The Morgan fingerprint density at radius 3 is 2.65 bits per heavy atom. The minimum Gasteiger partial charge on any atom is -0.347 e. The number of hydrogen-bond acceptors (Lipinski definition) is 2. The van der Waals surface area contributed by atoms with Gasteiger partial charge in [0, 0.05) is 48.5 Å². The first-order chi connectivity index (χ1) is 9.74. The SMILES string of the molecule is Cc1c(C(CN)c2cccnc2)n(C)c2ccccc12. The molecule has 0 aliphatic heterocycles. The summed E-state index contributed by atoms with van der Waals surface area (Å²) in [5.74, 6) is 0.182. The van der Waals surface area contributed by atoms with Gasteiger partial charge < -0.3 is 10.3 Å². The summed E-state index contributed by atoms with van der Waals surface area (Å²) in [4.78, 5) is 4.23. The number of pyridine rings is 1. The number of para-hydroxylation sites is 1. The van der Waals surface area contributed by atoms with Crippen molar-refractivity contribution in [1.82, 2.24) is 9.55 Å². The van der Waals surface area contributed by atoms with Crippen LogP contribution in [0.15, 0.2) is 48.8 Å². The van der Waals surface area contributed by atoms with E-state index in [4.69, 9.17) is 5.73 Å².